The maximum Gasteiger partial charge on any atom is 0.320 e. The highest BCUT2D eigenvalue weighted by Crippen LogP contribution is 2.03. The summed E-state index contributed by atoms with van der Waals surface area (Å²) < 4.78 is 6.74. The predicted octanol–water partition coefficient (Wildman–Crippen LogP) is 1.37. The van der Waals surface area contributed by atoms with E-state index in [1.807, 2.05) is 5.73 Å². The van der Waals surface area contributed by atoms with Crippen molar-refractivity contribution in [3.05, 3.63) is 0 Å². The summed E-state index contributed by atoms with van der Waals surface area (Å²) in [6.07, 6.45) is 4.79. The standard InChI is InChI=1S/C8H17NO2/c1-2-3-4-5-6-7(9)8(10)11/h7H,2-6,9H2,1H3,(H,10,11)/i/hD. The highest BCUT2D eigenvalue weighted by Gasteiger charge is 2.09. The van der Waals surface area contributed by atoms with Crippen molar-refractivity contribution in [2.75, 3.05) is 0 Å². The fourth-order valence-corrected chi connectivity index (χ4v) is 0.899. The van der Waals surface area contributed by atoms with E-state index in [0.29, 0.717) is 6.42 Å². The molecule has 0 amide bonds. The molecule has 0 spiro atoms. The first-order chi connectivity index (χ1) is 5.72. The van der Waals surface area contributed by atoms with Gasteiger partial charge in [0, 0.05) is 0 Å². The number of nitrogens with two attached hydrogens (primary N) is 1. The number of hydrogen-bond donors (Lipinski definition) is 2. The molecule has 3 nitrogen and oxygen atoms in total. The lowest BCUT2D eigenvalue weighted by Gasteiger charge is -2.04. The van der Waals surface area contributed by atoms with Gasteiger partial charge in [0.2, 0.25) is 0 Å². The van der Waals surface area contributed by atoms with Gasteiger partial charge in [-0.3, -0.25) is 4.79 Å². The van der Waals surface area contributed by atoms with Crippen molar-refractivity contribution in [1.82, 2.24) is 0 Å². The number of hydrogen-bond acceptors (Lipinski definition) is 2. The molecule has 0 aliphatic carbocycles. The quantitative estimate of drug-likeness (QED) is 0.553. The van der Waals surface area contributed by atoms with Crippen molar-refractivity contribution < 1.29 is 11.3 Å². The van der Waals surface area contributed by atoms with Gasteiger partial charge in [-0.05, 0) is 6.42 Å². The first kappa shape index (κ1) is 8.53. The highest BCUT2D eigenvalue weighted by atomic mass is 16.4. The Morgan fingerprint density at radius 3 is 2.82 bits per heavy atom. The summed E-state index contributed by atoms with van der Waals surface area (Å²) in [7, 11) is 0. The van der Waals surface area contributed by atoms with Gasteiger partial charge >= 0.3 is 5.97 Å². The van der Waals surface area contributed by atoms with Gasteiger partial charge < -0.3 is 10.8 Å². The number of carboxylic acid groups (broad SMARTS) is 1. The van der Waals surface area contributed by atoms with Crippen molar-refractivity contribution in [2.24, 2.45) is 5.73 Å². The zero-order valence-corrected chi connectivity index (χ0v) is 6.97. The monoisotopic (exact) mass is 160 g/mol. The molecule has 0 heterocycles. The van der Waals surface area contributed by atoms with E-state index in [-0.39, 0.29) is 0 Å². The van der Waals surface area contributed by atoms with Gasteiger partial charge in [0.25, 0.3) is 0 Å². The fourth-order valence-electron chi connectivity index (χ4n) is 0.899. The van der Waals surface area contributed by atoms with E-state index >= 15 is 0 Å². The summed E-state index contributed by atoms with van der Waals surface area (Å²) in [5.41, 5.74) is 2.03. The molecule has 0 aliphatic rings. The Kier molecular flexibility index (Phi) is 4.77. The van der Waals surface area contributed by atoms with Crippen LogP contribution in [-0.2, 0) is 4.79 Å². The molecule has 0 bridgehead atoms. The van der Waals surface area contributed by atoms with Crippen LogP contribution in [0.4, 0.5) is 0 Å². The topological polar surface area (TPSA) is 63.3 Å². The number of carboxylic acids is 1. The molecule has 0 aromatic carbocycles. The van der Waals surface area contributed by atoms with E-state index in [4.69, 9.17) is 6.52 Å². The number of carbonyl (C=O) groups is 1. The molecule has 0 aliphatic heterocycles. The molecule has 11 heavy (non-hydrogen) atoms. The molecule has 0 rings (SSSR count). The normalized spacial score (nSPS) is 14.1. The minimum atomic E-state index is -0.929. The Morgan fingerprint density at radius 2 is 2.36 bits per heavy atom. The summed E-state index contributed by atoms with van der Waals surface area (Å²) in [5.74, 6) is -0.929. The molecular formula is C8H17NO2. The lowest BCUT2D eigenvalue weighted by Crippen LogP contribution is -2.29. The van der Waals surface area contributed by atoms with E-state index in [1.165, 1.54) is 0 Å². The van der Waals surface area contributed by atoms with Crippen molar-refractivity contribution >= 4 is 5.97 Å². The Labute approximate surface area is 69.1 Å². The Morgan fingerprint density at radius 1 is 1.64 bits per heavy atom. The smallest absolute Gasteiger partial charge is 0.320 e. The van der Waals surface area contributed by atoms with Gasteiger partial charge in [-0.15, -0.1) is 0 Å². The van der Waals surface area contributed by atoms with Crippen molar-refractivity contribution in [3.63, 3.8) is 0 Å². The molecule has 0 fully saturated rings. The van der Waals surface area contributed by atoms with Gasteiger partial charge in [-0.25, -0.2) is 0 Å². The zero-order valence-electron chi connectivity index (χ0n) is 7.97. The van der Waals surface area contributed by atoms with E-state index in [9.17, 15) is 4.79 Å². The van der Waals surface area contributed by atoms with Crippen molar-refractivity contribution in [1.29, 1.82) is 0 Å². The first-order valence-corrected chi connectivity index (χ1v) is 4.12. The van der Waals surface area contributed by atoms with Gasteiger partial charge in [0.1, 0.15) is 7.45 Å². The van der Waals surface area contributed by atoms with Crippen LogP contribution in [0.1, 0.15) is 39.0 Å². The predicted molar refractivity (Wildman–Crippen MR) is 44.4 cm³/mol. The second-order valence-electron chi connectivity index (χ2n) is 2.74. The highest BCUT2D eigenvalue weighted by molar-refractivity contribution is 5.72. The van der Waals surface area contributed by atoms with Crippen LogP contribution in [0.15, 0.2) is 0 Å². The van der Waals surface area contributed by atoms with Crippen molar-refractivity contribution in [2.45, 2.75) is 45.1 Å². The average Bonchev–Trinajstić information content (AvgIpc) is 2.04. The van der Waals surface area contributed by atoms with Crippen LogP contribution in [0.3, 0.4) is 0 Å². The van der Waals surface area contributed by atoms with Gasteiger partial charge in [0.15, 0.2) is 0 Å². The molecular weight excluding hydrogens is 142 g/mol. The van der Waals surface area contributed by atoms with E-state index in [0.717, 1.165) is 25.7 Å². The lowest BCUT2D eigenvalue weighted by molar-refractivity contribution is -0.138. The average molecular weight is 160 g/mol. The van der Waals surface area contributed by atoms with Crippen LogP contribution in [0.5, 0.6) is 0 Å². The second kappa shape index (κ2) is 6.16. The number of unbranched alkanes of at least 4 members (excludes halogenated alkanes) is 3. The zero-order chi connectivity index (χ0) is 9.40. The van der Waals surface area contributed by atoms with Crippen LogP contribution < -0.4 is 5.73 Å². The summed E-state index contributed by atoms with van der Waals surface area (Å²) in [6, 6.07) is -0.693. The molecule has 0 aromatic rings. The van der Waals surface area contributed by atoms with Crippen LogP contribution in [0.25, 0.3) is 0 Å². The minimum Gasteiger partial charge on any atom is -0.480 e. The fraction of sp³-hybridized carbons (Fsp3) is 0.875. The summed E-state index contributed by atoms with van der Waals surface area (Å²) >= 11 is 0. The molecule has 0 saturated heterocycles. The molecule has 0 radical (unpaired) electrons. The van der Waals surface area contributed by atoms with E-state index in [2.05, 4.69) is 6.92 Å². The number of aliphatic carboxylic acids is 1. The number of rotatable bonds is 7. The summed E-state index contributed by atoms with van der Waals surface area (Å²) in [5, 5.41) is 8.55. The van der Waals surface area contributed by atoms with Gasteiger partial charge in [-0.1, -0.05) is 32.6 Å². The molecule has 3 heteroatoms. The van der Waals surface area contributed by atoms with Crippen LogP contribution >= 0.6 is 0 Å². The van der Waals surface area contributed by atoms with Crippen LogP contribution in [0.2, 0.25) is 1.41 Å². The third kappa shape index (κ3) is 5.85. The largest absolute Gasteiger partial charge is 0.480 e. The minimum absolute atomic E-state index is 0.554. The van der Waals surface area contributed by atoms with Crippen molar-refractivity contribution in [3.8, 4) is 0 Å². The summed E-state index contributed by atoms with van der Waals surface area (Å²) in [6.45, 7) is 2.11. The maximum atomic E-state index is 10.4. The molecule has 1 atom stereocenters. The van der Waals surface area contributed by atoms with Crippen LogP contribution in [-0.4, -0.2) is 17.1 Å². The van der Waals surface area contributed by atoms with E-state index < -0.39 is 12.0 Å². The van der Waals surface area contributed by atoms with Crippen LogP contribution in [0, 0.1) is 0 Å². The maximum absolute atomic E-state index is 10.4. The third-order valence-corrected chi connectivity index (χ3v) is 1.64. The molecule has 0 aromatic heterocycles. The Bertz CT molecular complexity index is 130. The molecule has 1 unspecified atom stereocenters. The van der Waals surface area contributed by atoms with Gasteiger partial charge in [-0.2, -0.15) is 0 Å². The summed E-state index contributed by atoms with van der Waals surface area (Å²) in [4.78, 5) is 10.4. The third-order valence-electron chi connectivity index (χ3n) is 1.64. The second-order valence-corrected chi connectivity index (χ2v) is 2.74. The van der Waals surface area contributed by atoms with Gasteiger partial charge in [0.05, 0.1) is 0 Å². The Hall–Kier alpha value is -0.570. The van der Waals surface area contributed by atoms with E-state index in [1.54, 1.807) is 0 Å². The molecule has 0 saturated carbocycles. The first-order valence-electron chi connectivity index (χ1n) is 4.62. The molecule has 3 N–H and O–H groups in total. The Balaban J connectivity index is 3.38. The molecule has 66 valence electrons. The SMILES string of the molecule is [2H]NC(CCCCCC)C(=O)O. The lowest BCUT2D eigenvalue weighted by atomic mass is 10.1.